The molecule has 1 aromatic heterocycles. The maximum Gasteiger partial charge on any atom is 0.303 e. The largest absolute Gasteiger partial charge is 0.481 e. The summed E-state index contributed by atoms with van der Waals surface area (Å²) in [7, 11) is 0. The highest BCUT2D eigenvalue weighted by Crippen LogP contribution is 2.31. The fourth-order valence-corrected chi connectivity index (χ4v) is 2.92. The molecule has 1 atom stereocenters. The lowest BCUT2D eigenvalue weighted by molar-refractivity contribution is -0.138. The third-order valence-corrected chi connectivity index (χ3v) is 4.69. The van der Waals surface area contributed by atoms with Gasteiger partial charge < -0.3 is 21.3 Å². The Bertz CT molecular complexity index is 1080. The predicted molar refractivity (Wildman–Crippen MR) is 125 cm³/mol. The molecule has 3 aromatic rings. The number of hydrogen-bond acceptors (Lipinski definition) is 6. The third kappa shape index (κ3) is 8.46. The zero-order valence-corrected chi connectivity index (χ0v) is 18.4. The molecule has 0 aliphatic rings. The summed E-state index contributed by atoms with van der Waals surface area (Å²) in [6.45, 7) is -0.0622. The fraction of sp³-hybridized carbons (Fsp3) is 0.167. The zero-order valence-electron chi connectivity index (χ0n) is 17.6. The summed E-state index contributed by atoms with van der Waals surface area (Å²) in [5.74, 6) is -1.45. The number of aliphatic carboxylic acids is 1. The maximum absolute atomic E-state index is 12.4. The fourth-order valence-electron chi connectivity index (χ4n) is 2.73. The highest BCUT2D eigenvalue weighted by molar-refractivity contribution is 6.30. The lowest BCUT2D eigenvalue weighted by Gasteiger charge is -2.17. The molecular weight excluding hydrogens is 446 g/mol. The number of anilines is 1. The van der Waals surface area contributed by atoms with Crippen molar-refractivity contribution in [2.45, 2.75) is 18.9 Å². The van der Waals surface area contributed by atoms with Crippen LogP contribution < -0.4 is 11.1 Å². The lowest BCUT2D eigenvalue weighted by atomic mass is 9.99. The number of carbonyl (C=O) groups excluding carboxylic acids is 2. The minimum atomic E-state index is -0.961. The van der Waals surface area contributed by atoms with E-state index in [-0.39, 0.29) is 31.1 Å². The Labute approximate surface area is 196 Å². The Morgan fingerprint density at radius 3 is 2.27 bits per heavy atom. The van der Waals surface area contributed by atoms with Gasteiger partial charge in [0.05, 0.1) is 13.0 Å². The van der Waals surface area contributed by atoms with Crippen LogP contribution in [0.25, 0.3) is 0 Å². The van der Waals surface area contributed by atoms with Crippen LogP contribution in [0.5, 0.6) is 0 Å². The van der Waals surface area contributed by atoms with Crippen molar-refractivity contribution in [1.82, 2.24) is 4.98 Å². The molecule has 2 aromatic carbocycles. The van der Waals surface area contributed by atoms with Crippen LogP contribution in [0.2, 0.25) is 5.02 Å². The number of pyridine rings is 1. The van der Waals surface area contributed by atoms with Crippen molar-refractivity contribution in [1.29, 1.82) is 0 Å². The summed E-state index contributed by atoms with van der Waals surface area (Å²) >= 11 is 6.07. The molecule has 0 bridgehead atoms. The number of carboxylic acids is 1. The van der Waals surface area contributed by atoms with E-state index in [0.29, 0.717) is 21.8 Å². The number of nitrogens with two attached hydrogens (primary N) is 1. The van der Waals surface area contributed by atoms with Crippen molar-refractivity contribution >= 4 is 34.9 Å². The van der Waals surface area contributed by atoms with Gasteiger partial charge in [0, 0.05) is 40.7 Å². The van der Waals surface area contributed by atoms with Crippen LogP contribution >= 0.6 is 11.6 Å². The Balaban J connectivity index is 0.000000365. The Morgan fingerprint density at radius 1 is 1.00 bits per heavy atom. The Morgan fingerprint density at radius 2 is 1.67 bits per heavy atom. The number of halogens is 1. The van der Waals surface area contributed by atoms with E-state index >= 15 is 0 Å². The van der Waals surface area contributed by atoms with E-state index < -0.39 is 12.1 Å². The van der Waals surface area contributed by atoms with Crippen molar-refractivity contribution in [3.05, 3.63) is 94.8 Å². The minimum absolute atomic E-state index is 0.0475. The van der Waals surface area contributed by atoms with Crippen LogP contribution in [-0.4, -0.2) is 39.4 Å². The van der Waals surface area contributed by atoms with E-state index in [1.165, 1.54) is 0 Å². The van der Waals surface area contributed by atoms with Gasteiger partial charge in [-0.25, -0.2) is 0 Å². The molecule has 0 spiro atoms. The monoisotopic (exact) mass is 469 g/mol. The number of carboxylic acid groups (broad SMARTS) is 1. The molecule has 0 aliphatic heterocycles. The van der Waals surface area contributed by atoms with E-state index in [1.54, 1.807) is 42.7 Å². The second-order valence-electron chi connectivity index (χ2n) is 6.87. The Hall–Kier alpha value is -3.59. The average molecular weight is 470 g/mol. The summed E-state index contributed by atoms with van der Waals surface area (Å²) < 4.78 is 0. The molecular formula is C24H24ClN3O5. The number of rotatable bonds is 8. The van der Waals surface area contributed by atoms with E-state index in [4.69, 9.17) is 22.4 Å². The van der Waals surface area contributed by atoms with Gasteiger partial charge in [-0.05, 0) is 35.9 Å². The number of ketones is 1. The van der Waals surface area contributed by atoms with Crippen molar-refractivity contribution in [2.75, 3.05) is 11.9 Å². The van der Waals surface area contributed by atoms with Gasteiger partial charge in [-0.15, -0.1) is 0 Å². The highest BCUT2D eigenvalue weighted by Gasteiger charge is 2.17. The summed E-state index contributed by atoms with van der Waals surface area (Å²) in [5, 5.41) is 22.0. The molecule has 5 N–H and O–H groups in total. The van der Waals surface area contributed by atoms with Gasteiger partial charge in [0.25, 0.3) is 5.91 Å². The van der Waals surface area contributed by atoms with Crippen LogP contribution in [0.3, 0.4) is 0 Å². The first kappa shape index (κ1) is 25.7. The normalized spacial score (nSPS) is 11.0. The van der Waals surface area contributed by atoms with E-state index in [0.717, 1.165) is 5.56 Å². The van der Waals surface area contributed by atoms with Crippen LogP contribution in [0.4, 0.5) is 5.69 Å². The van der Waals surface area contributed by atoms with Gasteiger partial charge in [0.1, 0.15) is 11.9 Å². The van der Waals surface area contributed by atoms with E-state index in [9.17, 15) is 19.5 Å². The summed E-state index contributed by atoms with van der Waals surface area (Å²) in [6, 6.07) is 17.5. The molecule has 0 saturated carbocycles. The van der Waals surface area contributed by atoms with E-state index in [1.807, 2.05) is 30.3 Å². The number of hydrogen-bond donors (Lipinski definition) is 4. The predicted octanol–water partition coefficient (Wildman–Crippen LogP) is 3.45. The van der Waals surface area contributed by atoms with Crippen molar-refractivity contribution in [3.8, 4) is 0 Å². The summed E-state index contributed by atoms with van der Waals surface area (Å²) in [4.78, 5) is 36.4. The molecule has 1 amide bonds. The first-order chi connectivity index (χ1) is 15.8. The van der Waals surface area contributed by atoms with Crippen molar-refractivity contribution < 1.29 is 24.6 Å². The molecule has 33 heavy (non-hydrogen) atoms. The molecule has 1 heterocycles. The van der Waals surface area contributed by atoms with Crippen LogP contribution in [-0.2, 0) is 9.59 Å². The lowest BCUT2D eigenvalue weighted by Crippen LogP contribution is -2.14. The third-order valence-electron chi connectivity index (χ3n) is 4.46. The molecule has 3 rings (SSSR count). The second kappa shape index (κ2) is 13.1. The molecule has 0 aliphatic carbocycles. The number of nitrogens with one attached hydrogen (secondary N) is 1. The number of Topliss-reactive ketones (excluding diaryl/α,β-unsaturated/α-hetero) is 1. The van der Waals surface area contributed by atoms with Crippen LogP contribution in [0.15, 0.2) is 73.1 Å². The van der Waals surface area contributed by atoms with Crippen LogP contribution in [0.1, 0.15) is 40.4 Å². The average Bonchev–Trinajstić information content (AvgIpc) is 2.84. The standard InChI is InChI=1S/C19H15ClN2O2.C5H9NO3/c20-15-6-7-17(22-19(24)14-8-10-21-11-9-14)16(12-15)18(23)13-4-2-1-3-5-13;6-3-4(7)1-2-5(8)9/h1-12,18,23H,(H,22,24);1-3,6H2,(H,8,9). The highest BCUT2D eigenvalue weighted by atomic mass is 35.5. The number of aliphatic hydroxyl groups excluding tert-OH is 1. The number of nitrogens with zero attached hydrogens (tertiary/aromatic N) is 1. The topological polar surface area (TPSA) is 143 Å². The number of benzene rings is 2. The number of carbonyl (C=O) groups is 3. The van der Waals surface area contributed by atoms with Gasteiger partial charge in [-0.2, -0.15) is 0 Å². The molecule has 172 valence electrons. The van der Waals surface area contributed by atoms with Gasteiger partial charge in [0.2, 0.25) is 0 Å². The first-order valence-electron chi connectivity index (χ1n) is 9.99. The molecule has 1 unspecified atom stereocenters. The quantitative estimate of drug-likeness (QED) is 0.395. The molecule has 9 heteroatoms. The van der Waals surface area contributed by atoms with Gasteiger partial charge in [-0.3, -0.25) is 19.4 Å². The summed E-state index contributed by atoms with van der Waals surface area (Å²) in [5.41, 5.74) is 7.17. The minimum Gasteiger partial charge on any atom is -0.481 e. The zero-order chi connectivity index (χ0) is 24.2. The first-order valence-corrected chi connectivity index (χ1v) is 10.4. The van der Waals surface area contributed by atoms with Gasteiger partial charge >= 0.3 is 5.97 Å². The SMILES string of the molecule is NCC(=O)CCC(=O)O.O=C(Nc1ccc(Cl)cc1C(O)c1ccccc1)c1ccncc1. The smallest absolute Gasteiger partial charge is 0.303 e. The Kier molecular flexibility index (Phi) is 10.2. The van der Waals surface area contributed by atoms with Gasteiger partial charge in [0.15, 0.2) is 0 Å². The van der Waals surface area contributed by atoms with Gasteiger partial charge in [-0.1, -0.05) is 41.9 Å². The second-order valence-corrected chi connectivity index (χ2v) is 7.31. The molecule has 0 fully saturated rings. The maximum atomic E-state index is 12.4. The van der Waals surface area contributed by atoms with Crippen molar-refractivity contribution in [2.24, 2.45) is 5.73 Å². The molecule has 0 radical (unpaired) electrons. The number of aromatic nitrogens is 1. The van der Waals surface area contributed by atoms with Crippen LogP contribution in [0, 0.1) is 0 Å². The number of amides is 1. The number of aliphatic hydroxyl groups is 1. The van der Waals surface area contributed by atoms with Crippen molar-refractivity contribution in [3.63, 3.8) is 0 Å². The molecule has 0 saturated heterocycles. The van der Waals surface area contributed by atoms with E-state index in [2.05, 4.69) is 10.3 Å². The summed E-state index contributed by atoms with van der Waals surface area (Å²) in [6.07, 6.45) is 2.15. The molecule has 8 nitrogen and oxygen atoms in total.